The van der Waals surface area contributed by atoms with Gasteiger partial charge in [-0.15, -0.1) is 0 Å². The van der Waals surface area contributed by atoms with Crippen molar-refractivity contribution >= 4 is 27.5 Å². The van der Waals surface area contributed by atoms with Crippen molar-refractivity contribution in [3.63, 3.8) is 0 Å². The predicted octanol–water partition coefficient (Wildman–Crippen LogP) is 3.68. The highest BCUT2D eigenvalue weighted by atomic mass is 32.2. The molecular weight excluding hydrogens is 518 g/mol. The van der Waals surface area contributed by atoms with Crippen molar-refractivity contribution in [1.82, 2.24) is 10.2 Å². The van der Waals surface area contributed by atoms with Gasteiger partial charge in [-0.3, -0.25) is 13.9 Å². The number of anilines is 1. The fraction of sp³-hybridized carbons (Fsp3) is 0.310. The third-order valence-corrected chi connectivity index (χ3v) is 8.35. The van der Waals surface area contributed by atoms with Crippen LogP contribution >= 0.6 is 0 Å². The molecule has 3 rings (SSSR count). The molecule has 0 saturated carbocycles. The van der Waals surface area contributed by atoms with Crippen LogP contribution in [0.2, 0.25) is 0 Å². The van der Waals surface area contributed by atoms with Crippen molar-refractivity contribution in [2.75, 3.05) is 32.1 Å². The Morgan fingerprint density at radius 3 is 2.15 bits per heavy atom. The van der Waals surface area contributed by atoms with E-state index >= 15 is 0 Å². The van der Waals surface area contributed by atoms with Gasteiger partial charge < -0.3 is 19.7 Å². The molecule has 0 heterocycles. The van der Waals surface area contributed by atoms with Gasteiger partial charge in [0.05, 0.1) is 24.8 Å². The van der Waals surface area contributed by atoms with Crippen molar-refractivity contribution in [3.8, 4) is 11.5 Å². The Balaban J connectivity index is 2.10. The van der Waals surface area contributed by atoms with E-state index < -0.39 is 28.5 Å². The van der Waals surface area contributed by atoms with Crippen LogP contribution in [0.1, 0.15) is 23.6 Å². The lowest BCUT2D eigenvalue weighted by Gasteiger charge is -2.32. The molecule has 0 saturated heterocycles. The van der Waals surface area contributed by atoms with Crippen LogP contribution in [0, 0.1) is 13.8 Å². The minimum Gasteiger partial charge on any atom is -0.493 e. The number of hydrogen-bond acceptors (Lipinski definition) is 6. The Kier molecular flexibility index (Phi) is 9.58. The molecule has 0 radical (unpaired) electrons. The van der Waals surface area contributed by atoms with E-state index in [2.05, 4.69) is 5.32 Å². The largest absolute Gasteiger partial charge is 0.493 e. The van der Waals surface area contributed by atoms with Crippen LogP contribution in [0.5, 0.6) is 11.5 Å². The first-order chi connectivity index (χ1) is 18.5. The molecule has 0 aromatic heterocycles. The number of nitrogens with zero attached hydrogens (tertiary/aromatic N) is 2. The van der Waals surface area contributed by atoms with Crippen LogP contribution in [0.15, 0.2) is 71.6 Å². The molecule has 0 unspecified atom stereocenters. The summed E-state index contributed by atoms with van der Waals surface area (Å²) in [7, 11) is 0.228. The minimum atomic E-state index is -4.19. The summed E-state index contributed by atoms with van der Waals surface area (Å²) in [6.07, 6.45) is 0. The van der Waals surface area contributed by atoms with E-state index in [1.807, 2.05) is 38.1 Å². The molecule has 0 fully saturated rings. The summed E-state index contributed by atoms with van der Waals surface area (Å²) in [5.74, 6) is -0.187. The maximum absolute atomic E-state index is 13.9. The maximum atomic E-state index is 13.9. The molecule has 10 heteroatoms. The Bertz CT molecular complexity index is 1420. The Labute approximate surface area is 230 Å². The number of ether oxygens (including phenoxy) is 2. The van der Waals surface area contributed by atoms with E-state index in [9.17, 15) is 18.0 Å². The fourth-order valence-corrected chi connectivity index (χ4v) is 5.51. The first-order valence-corrected chi connectivity index (χ1v) is 13.8. The van der Waals surface area contributed by atoms with Gasteiger partial charge in [-0.25, -0.2) is 8.42 Å². The highest BCUT2D eigenvalue weighted by molar-refractivity contribution is 7.92. The van der Waals surface area contributed by atoms with E-state index in [4.69, 9.17) is 9.47 Å². The van der Waals surface area contributed by atoms with Crippen molar-refractivity contribution in [1.29, 1.82) is 0 Å². The SMILES string of the molecule is CNC(=O)[C@@H](C)N(Cc1ccccc1C)C(=O)CN(c1ccc(OC)c(OC)c1)S(=O)(=O)c1ccc(C)cc1. The number of nitrogens with one attached hydrogen (secondary N) is 1. The number of carbonyl (C=O) groups excluding carboxylic acids is 2. The average molecular weight is 554 g/mol. The Hall–Kier alpha value is -4.05. The van der Waals surface area contributed by atoms with Gasteiger partial charge in [0.2, 0.25) is 11.8 Å². The van der Waals surface area contributed by atoms with Gasteiger partial charge >= 0.3 is 0 Å². The van der Waals surface area contributed by atoms with Gasteiger partial charge in [-0.2, -0.15) is 0 Å². The van der Waals surface area contributed by atoms with Gasteiger partial charge in [0.15, 0.2) is 11.5 Å². The van der Waals surface area contributed by atoms with Crippen LogP contribution in [0.3, 0.4) is 0 Å². The lowest BCUT2D eigenvalue weighted by Crippen LogP contribution is -2.50. The minimum absolute atomic E-state index is 0.0282. The Morgan fingerprint density at radius 2 is 1.56 bits per heavy atom. The van der Waals surface area contributed by atoms with Gasteiger partial charge in [0.1, 0.15) is 12.6 Å². The van der Waals surface area contributed by atoms with Crippen LogP contribution in [0.4, 0.5) is 5.69 Å². The fourth-order valence-electron chi connectivity index (χ4n) is 4.11. The molecule has 0 aliphatic heterocycles. The summed E-state index contributed by atoms with van der Waals surface area (Å²) in [5, 5.41) is 2.58. The number of hydrogen-bond donors (Lipinski definition) is 1. The lowest BCUT2D eigenvalue weighted by molar-refractivity contribution is -0.139. The topological polar surface area (TPSA) is 105 Å². The molecule has 9 nitrogen and oxygen atoms in total. The zero-order valence-electron chi connectivity index (χ0n) is 23.1. The third-order valence-electron chi connectivity index (χ3n) is 6.56. The van der Waals surface area contributed by atoms with E-state index in [1.54, 1.807) is 31.2 Å². The second-order valence-corrected chi connectivity index (χ2v) is 11.0. The second kappa shape index (κ2) is 12.7. The molecule has 1 N–H and O–H groups in total. The van der Waals surface area contributed by atoms with Crippen LogP contribution in [0.25, 0.3) is 0 Å². The average Bonchev–Trinajstić information content (AvgIpc) is 2.94. The highest BCUT2D eigenvalue weighted by Crippen LogP contribution is 2.34. The van der Waals surface area contributed by atoms with E-state index in [0.29, 0.717) is 11.5 Å². The standard InChI is InChI=1S/C29H35N3O6S/c1-20-11-14-25(15-12-20)39(35,36)32(24-13-16-26(37-5)27(17-24)38-6)19-28(33)31(22(3)29(34)30-4)18-23-10-8-7-9-21(23)2/h7-17,22H,18-19H2,1-6H3,(H,30,34)/t22-/m1/s1. The summed E-state index contributed by atoms with van der Waals surface area (Å²) in [6, 6.07) is 17.7. The second-order valence-electron chi connectivity index (χ2n) is 9.10. The zero-order chi connectivity index (χ0) is 28.7. The molecule has 0 bridgehead atoms. The zero-order valence-corrected chi connectivity index (χ0v) is 23.9. The number of aryl methyl sites for hydroxylation is 2. The number of sulfonamides is 1. The molecule has 39 heavy (non-hydrogen) atoms. The van der Waals surface area contributed by atoms with E-state index in [0.717, 1.165) is 21.0 Å². The first kappa shape index (κ1) is 29.5. The first-order valence-electron chi connectivity index (χ1n) is 12.4. The van der Waals surface area contributed by atoms with Crippen molar-refractivity contribution < 1.29 is 27.5 Å². The summed E-state index contributed by atoms with van der Waals surface area (Å²) >= 11 is 0. The third kappa shape index (κ3) is 6.69. The van der Waals surface area contributed by atoms with Crippen molar-refractivity contribution in [2.45, 2.75) is 38.3 Å². The van der Waals surface area contributed by atoms with Crippen LogP contribution in [-0.4, -0.2) is 59.0 Å². The summed E-state index contributed by atoms with van der Waals surface area (Å²) < 4.78 is 39.6. The van der Waals surface area contributed by atoms with Gasteiger partial charge in [-0.05, 0) is 56.2 Å². The number of benzene rings is 3. The van der Waals surface area contributed by atoms with Crippen molar-refractivity contribution in [2.24, 2.45) is 0 Å². The summed E-state index contributed by atoms with van der Waals surface area (Å²) in [4.78, 5) is 27.9. The van der Waals surface area contributed by atoms with Gasteiger partial charge in [0.25, 0.3) is 10.0 Å². The van der Waals surface area contributed by atoms with E-state index in [1.165, 1.54) is 44.4 Å². The number of methoxy groups -OCH3 is 2. The monoisotopic (exact) mass is 553 g/mol. The van der Waals surface area contributed by atoms with Gasteiger partial charge in [0, 0.05) is 19.7 Å². The molecule has 0 spiro atoms. The molecule has 208 valence electrons. The number of carbonyl (C=O) groups is 2. The molecule has 3 aromatic carbocycles. The van der Waals surface area contributed by atoms with Crippen molar-refractivity contribution in [3.05, 3.63) is 83.4 Å². The highest BCUT2D eigenvalue weighted by Gasteiger charge is 2.33. The van der Waals surface area contributed by atoms with Gasteiger partial charge in [-0.1, -0.05) is 42.0 Å². The lowest BCUT2D eigenvalue weighted by atomic mass is 10.1. The Morgan fingerprint density at radius 1 is 0.923 bits per heavy atom. The molecule has 3 aromatic rings. The smallest absolute Gasteiger partial charge is 0.264 e. The number of likely N-dealkylation sites (N-methyl/N-ethyl adjacent to an activating group) is 1. The quantitative estimate of drug-likeness (QED) is 0.389. The molecule has 2 amide bonds. The molecule has 0 aliphatic carbocycles. The molecule has 0 aliphatic rings. The number of rotatable bonds is 11. The van der Waals surface area contributed by atoms with Crippen LogP contribution < -0.4 is 19.1 Å². The maximum Gasteiger partial charge on any atom is 0.264 e. The predicted molar refractivity (Wildman–Crippen MR) is 151 cm³/mol. The molecular formula is C29H35N3O6S. The normalized spacial score (nSPS) is 11.8. The number of amides is 2. The van der Waals surface area contributed by atoms with Crippen LogP contribution in [-0.2, 0) is 26.2 Å². The van der Waals surface area contributed by atoms with E-state index in [-0.39, 0.29) is 23.0 Å². The molecule has 1 atom stereocenters. The summed E-state index contributed by atoms with van der Waals surface area (Å²) in [5.41, 5.74) is 2.90. The summed E-state index contributed by atoms with van der Waals surface area (Å²) in [6.45, 7) is 4.98.